The van der Waals surface area contributed by atoms with Crippen LogP contribution in [0.3, 0.4) is 0 Å². The molecular weight excluding hydrogens is 372 g/mol. The lowest BCUT2D eigenvalue weighted by Crippen LogP contribution is -2.28. The summed E-state index contributed by atoms with van der Waals surface area (Å²) in [6, 6.07) is 11.4. The molecule has 27 heavy (non-hydrogen) atoms. The van der Waals surface area contributed by atoms with E-state index in [1.165, 1.54) is 24.3 Å². The van der Waals surface area contributed by atoms with Gasteiger partial charge in [-0.1, -0.05) is 35.6 Å². The van der Waals surface area contributed by atoms with Gasteiger partial charge in [0.2, 0.25) is 4.96 Å². The third-order valence-corrected chi connectivity index (χ3v) is 4.86. The van der Waals surface area contributed by atoms with Crippen LogP contribution >= 0.6 is 11.3 Å². The lowest BCUT2D eigenvalue weighted by atomic mass is 10.1. The van der Waals surface area contributed by atoms with Gasteiger partial charge in [0, 0.05) is 6.42 Å². The van der Waals surface area contributed by atoms with Crippen LogP contribution in [0.1, 0.15) is 16.8 Å². The summed E-state index contributed by atoms with van der Waals surface area (Å²) >= 11 is 1.03. The highest BCUT2D eigenvalue weighted by molar-refractivity contribution is 7.15. The van der Waals surface area contributed by atoms with Gasteiger partial charge < -0.3 is 0 Å². The molecule has 0 radical (unpaired) electrons. The highest BCUT2D eigenvalue weighted by Gasteiger charge is 2.11. The number of hydrogen-bond acceptors (Lipinski definition) is 5. The van der Waals surface area contributed by atoms with E-state index in [1.807, 2.05) is 0 Å². The molecule has 2 heterocycles. The summed E-state index contributed by atoms with van der Waals surface area (Å²) in [6.07, 6.45) is 1.73. The zero-order chi connectivity index (χ0) is 19.0. The van der Waals surface area contributed by atoms with Crippen LogP contribution in [0.2, 0.25) is 0 Å². The molecule has 0 saturated heterocycles. The van der Waals surface area contributed by atoms with E-state index in [9.17, 15) is 18.4 Å². The van der Waals surface area contributed by atoms with Crippen molar-refractivity contribution >= 4 is 22.4 Å². The van der Waals surface area contributed by atoms with Gasteiger partial charge in [0.1, 0.15) is 17.3 Å². The highest BCUT2D eigenvalue weighted by Crippen LogP contribution is 2.07. The summed E-state index contributed by atoms with van der Waals surface area (Å²) in [7, 11) is 0. The summed E-state index contributed by atoms with van der Waals surface area (Å²) in [4.78, 5) is 28.9. The standard InChI is InChI=1S/C19H11F2N3O2S/c20-13-5-1-11(2-6-13)9-15-17(25)22-19-24(23-15)18(26)16(27-19)10-12-3-7-14(21)8-4-12/h1-8,10H,9H2/b16-10+. The lowest BCUT2D eigenvalue weighted by molar-refractivity contribution is 0.627. The van der Waals surface area contributed by atoms with Crippen LogP contribution in [-0.4, -0.2) is 14.6 Å². The Hall–Kier alpha value is -3.26. The van der Waals surface area contributed by atoms with E-state index in [0.29, 0.717) is 15.7 Å². The van der Waals surface area contributed by atoms with E-state index in [2.05, 4.69) is 10.1 Å². The van der Waals surface area contributed by atoms with Crippen LogP contribution in [0, 0.1) is 11.6 Å². The number of aromatic nitrogens is 3. The second-order valence-corrected chi connectivity index (χ2v) is 6.84. The zero-order valence-corrected chi connectivity index (χ0v) is 14.5. The Morgan fingerprint density at radius 3 is 2.26 bits per heavy atom. The fourth-order valence-corrected chi connectivity index (χ4v) is 3.46. The van der Waals surface area contributed by atoms with Crippen molar-refractivity contribution in [1.82, 2.24) is 14.6 Å². The third kappa shape index (κ3) is 3.52. The average Bonchev–Trinajstić information content (AvgIpc) is 2.94. The molecule has 0 amide bonds. The number of nitrogens with zero attached hydrogens (tertiary/aromatic N) is 3. The largest absolute Gasteiger partial charge is 0.296 e. The SMILES string of the molecule is O=c1nc2s/c(=C/c3ccc(F)cc3)c(=O)n2nc1Cc1ccc(F)cc1. The summed E-state index contributed by atoms with van der Waals surface area (Å²) in [6.45, 7) is 0. The first-order valence-electron chi connectivity index (χ1n) is 7.94. The fraction of sp³-hybridized carbons (Fsp3) is 0.0526. The number of halogens is 2. The second kappa shape index (κ2) is 6.81. The molecule has 4 rings (SSSR count). The van der Waals surface area contributed by atoms with Gasteiger partial charge in [0.15, 0.2) is 0 Å². The van der Waals surface area contributed by atoms with Crippen molar-refractivity contribution in [2.45, 2.75) is 6.42 Å². The molecule has 8 heteroatoms. The molecular formula is C19H11F2N3O2S. The molecule has 0 spiro atoms. The van der Waals surface area contributed by atoms with Crippen molar-refractivity contribution in [3.63, 3.8) is 0 Å². The van der Waals surface area contributed by atoms with E-state index in [-0.39, 0.29) is 28.7 Å². The van der Waals surface area contributed by atoms with Crippen LogP contribution in [0.15, 0.2) is 58.1 Å². The Balaban J connectivity index is 1.79. The Morgan fingerprint density at radius 1 is 0.963 bits per heavy atom. The molecule has 0 aliphatic carbocycles. The molecule has 0 bridgehead atoms. The van der Waals surface area contributed by atoms with E-state index in [0.717, 1.165) is 15.9 Å². The molecule has 0 aliphatic heterocycles. The molecule has 0 fully saturated rings. The second-order valence-electron chi connectivity index (χ2n) is 5.83. The minimum absolute atomic E-state index is 0.0994. The molecule has 4 aromatic rings. The van der Waals surface area contributed by atoms with Crippen molar-refractivity contribution in [3.8, 4) is 0 Å². The van der Waals surface area contributed by atoms with E-state index in [4.69, 9.17) is 0 Å². The Morgan fingerprint density at radius 2 is 1.59 bits per heavy atom. The van der Waals surface area contributed by atoms with Gasteiger partial charge in [-0.05, 0) is 41.5 Å². The highest BCUT2D eigenvalue weighted by atomic mass is 32.1. The van der Waals surface area contributed by atoms with Crippen LogP contribution in [0.4, 0.5) is 8.78 Å². The predicted molar refractivity (Wildman–Crippen MR) is 97.8 cm³/mol. The van der Waals surface area contributed by atoms with Gasteiger partial charge in [-0.3, -0.25) is 9.59 Å². The van der Waals surface area contributed by atoms with E-state index in [1.54, 1.807) is 30.3 Å². The Labute approximate surface area is 154 Å². The first-order chi connectivity index (χ1) is 13.0. The average molecular weight is 383 g/mol. The minimum Gasteiger partial charge on any atom is -0.266 e. The zero-order valence-electron chi connectivity index (χ0n) is 13.7. The fourth-order valence-electron chi connectivity index (χ4n) is 2.56. The summed E-state index contributed by atoms with van der Waals surface area (Å²) < 4.78 is 27.4. The van der Waals surface area contributed by atoms with Gasteiger partial charge in [-0.15, -0.1) is 0 Å². The quantitative estimate of drug-likeness (QED) is 0.542. The van der Waals surface area contributed by atoms with Gasteiger partial charge in [0.25, 0.3) is 11.1 Å². The summed E-state index contributed by atoms with van der Waals surface area (Å²) in [5.74, 6) is -0.748. The van der Waals surface area contributed by atoms with Crippen LogP contribution in [0.5, 0.6) is 0 Å². The van der Waals surface area contributed by atoms with Crippen molar-refractivity contribution < 1.29 is 8.78 Å². The maximum Gasteiger partial charge on any atom is 0.296 e. The molecule has 2 aromatic carbocycles. The van der Waals surface area contributed by atoms with Gasteiger partial charge in [-0.2, -0.15) is 14.6 Å². The number of benzene rings is 2. The normalized spacial score (nSPS) is 12.0. The van der Waals surface area contributed by atoms with Gasteiger partial charge in [-0.25, -0.2) is 8.78 Å². The Bertz CT molecular complexity index is 1300. The number of rotatable bonds is 3. The molecule has 134 valence electrons. The first-order valence-corrected chi connectivity index (χ1v) is 8.76. The smallest absolute Gasteiger partial charge is 0.266 e. The summed E-state index contributed by atoms with van der Waals surface area (Å²) in [5, 5.41) is 4.13. The van der Waals surface area contributed by atoms with Crippen LogP contribution in [0.25, 0.3) is 11.0 Å². The van der Waals surface area contributed by atoms with Gasteiger partial charge >= 0.3 is 0 Å². The molecule has 0 unspecified atom stereocenters. The molecule has 0 aliphatic rings. The third-order valence-electron chi connectivity index (χ3n) is 3.90. The molecule has 0 saturated carbocycles. The number of hydrogen-bond donors (Lipinski definition) is 0. The monoisotopic (exact) mass is 383 g/mol. The van der Waals surface area contributed by atoms with E-state index < -0.39 is 11.1 Å². The molecule has 5 nitrogen and oxygen atoms in total. The Kier molecular flexibility index (Phi) is 4.33. The minimum atomic E-state index is -0.533. The predicted octanol–water partition coefficient (Wildman–Crippen LogP) is 1.93. The molecule has 0 N–H and O–H groups in total. The van der Waals surface area contributed by atoms with Gasteiger partial charge in [0.05, 0.1) is 4.53 Å². The number of thiazole rings is 1. The lowest BCUT2D eigenvalue weighted by Gasteiger charge is -2.00. The van der Waals surface area contributed by atoms with Crippen LogP contribution in [-0.2, 0) is 6.42 Å². The van der Waals surface area contributed by atoms with Crippen molar-refractivity contribution in [2.24, 2.45) is 0 Å². The van der Waals surface area contributed by atoms with E-state index >= 15 is 0 Å². The van der Waals surface area contributed by atoms with Crippen molar-refractivity contribution in [1.29, 1.82) is 0 Å². The van der Waals surface area contributed by atoms with Crippen molar-refractivity contribution in [2.75, 3.05) is 0 Å². The molecule has 0 atom stereocenters. The van der Waals surface area contributed by atoms with Crippen LogP contribution < -0.4 is 15.7 Å². The van der Waals surface area contributed by atoms with Crippen molar-refractivity contribution in [3.05, 3.63) is 102 Å². The maximum absolute atomic E-state index is 13.0. The number of fused-ring (bicyclic) bond motifs is 1. The summed E-state index contributed by atoms with van der Waals surface area (Å²) in [5.41, 5.74) is 0.487. The first kappa shape index (κ1) is 17.2. The maximum atomic E-state index is 13.0. The topological polar surface area (TPSA) is 64.3 Å². The molecule has 2 aromatic heterocycles.